The van der Waals surface area contributed by atoms with E-state index < -0.39 is 0 Å². The van der Waals surface area contributed by atoms with Crippen LogP contribution in [0.1, 0.15) is 32.8 Å². The lowest BCUT2D eigenvalue weighted by atomic mass is 10.1. The highest BCUT2D eigenvalue weighted by Crippen LogP contribution is 2.34. The number of likely N-dealkylation sites (tertiary alicyclic amines) is 1. The summed E-state index contributed by atoms with van der Waals surface area (Å²) in [5.41, 5.74) is 3.13. The van der Waals surface area contributed by atoms with E-state index >= 15 is 0 Å². The molecule has 2 aliphatic heterocycles. The SMILES string of the molecule is CC(C)(C)N1CC[C@@H](NC(=O)N2CCN(Cc3ccc(F)cc3)c3ccccc32)C1. The standard InChI is InChI=1S/C24H31FN4O/c1-24(2,3)28-13-12-20(17-28)26-23(30)29-15-14-27(21-6-4-5-7-22(21)29)16-18-8-10-19(25)11-9-18/h4-11,20H,12-17H2,1-3H3,(H,26,30)/t20-/m1/s1. The Morgan fingerprint density at radius 3 is 2.40 bits per heavy atom. The van der Waals surface area contributed by atoms with Gasteiger partial charge in [0.05, 0.1) is 11.4 Å². The number of carbonyl (C=O) groups is 1. The fourth-order valence-electron chi connectivity index (χ4n) is 4.35. The summed E-state index contributed by atoms with van der Waals surface area (Å²) in [7, 11) is 0. The minimum Gasteiger partial charge on any atom is -0.364 e. The van der Waals surface area contributed by atoms with Gasteiger partial charge in [0.25, 0.3) is 0 Å². The molecule has 160 valence electrons. The van der Waals surface area contributed by atoms with Crippen LogP contribution < -0.4 is 15.1 Å². The second-order valence-electron chi connectivity index (χ2n) is 9.24. The summed E-state index contributed by atoms with van der Waals surface area (Å²) in [6.45, 7) is 10.6. The number of benzene rings is 2. The monoisotopic (exact) mass is 410 g/mol. The van der Waals surface area contributed by atoms with Gasteiger partial charge in [-0.25, -0.2) is 9.18 Å². The summed E-state index contributed by atoms with van der Waals surface area (Å²) in [4.78, 5) is 19.6. The molecule has 1 fully saturated rings. The predicted octanol–water partition coefficient (Wildman–Crippen LogP) is 4.23. The number of nitrogens with zero attached hydrogens (tertiary/aromatic N) is 3. The molecule has 1 saturated heterocycles. The number of hydrogen-bond donors (Lipinski definition) is 1. The van der Waals surface area contributed by atoms with E-state index in [1.807, 2.05) is 35.2 Å². The van der Waals surface area contributed by atoms with E-state index in [0.29, 0.717) is 13.1 Å². The summed E-state index contributed by atoms with van der Waals surface area (Å²) < 4.78 is 13.2. The van der Waals surface area contributed by atoms with Gasteiger partial charge >= 0.3 is 6.03 Å². The van der Waals surface area contributed by atoms with E-state index in [1.54, 1.807) is 0 Å². The fraction of sp³-hybridized carbons (Fsp3) is 0.458. The van der Waals surface area contributed by atoms with Crippen LogP contribution in [0.2, 0.25) is 0 Å². The molecule has 1 N–H and O–H groups in total. The van der Waals surface area contributed by atoms with Gasteiger partial charge in [0, 0.05) is 44.3 Å². The Labute approximate surface area is 178 Å². The molecule has 4 rings (SSSR count). The summed E-state index contributed by atoms with van der Waals surface area (Å²) in [5.74, 6) is -0.224. The average Bonchev–Trinajstić information content (AvgIpc) is 3.19. The number of amides is 2. The van der Waals surface area contributed by atoms with Gasteiger partial charge in [0.1, 0.15) is 5.82 Å². The number of urea groups is 1. The van der Waals surface area contributed by atoms with Crippen LogP contribution in [0.25, 0.3) is 0 Å². The molecular weight excluding hydrogens is 379 g/mol. The first kappa shape index (κ1) is 20.7. The zero-order valence-corrected chi connectivity index (χ0v) is 18.1. The number of nitrogens with one attached hydrogen (secondary N) is 1. The number of carbonyl (C=O) groups excluding carboxylic acids is 1. The molecule has 30 heavy (non-hydrogen) atoms. The van der Waals surface area contributed by atoms with Crippen LogP contribution in [0.15, 0.2) is 48.5 Å². The zero-order chi connectivity index (χ0) is 21.3. The van der Waals surface area contributed by atoms with Crippen molar-refractivity contribution in [3.8, 4) is 0 Å². The van der Waals surface area contributed by atoms with Crippen molar-refractivity contribution in [1.82, 2.24) is 10.2 Å². The maximum Gasteiger partial charge on any atom is 0.322 e. The molecule has 5 nitrogen and oxygen atoms in total. The summed E-state index contributed by atoms with van der Waals surface area (Å²) in [6, 6.07) is 14.8. The maximum absolute atomic E-state index is 13.2. The van der Waals surface area contributed by atoms with E-state index in [9.17, 15) is 9.18 Å². The number of rotatable bonds is 3. The molecule has 0 aliphatic carbocycles. The maximum atomic E-state index is 13.2. The number of fused-ring (bicyclic) bond motifs is 1. The van der Waals surface area contributed by atoms with Crippen LogP contribution in [0.5, 0.6) is 0 Å². The molecule has 2 heterocycles. The lowest BCUT2D eigenvalue weighted by Gasteiger charge is -2.38. The van der Waals surface area contributed by atoms with Gasteiger partial charge in [-0.2, -0.15) is 0 Å². The lowest BCUT2D eigenvalue weighted by Crippen LogP contribution is -2.51. The topological polar surface area (TPSA) is 38.8 Å². The van der Waals surface area contributed by atoms with E-state index in [-0.39, 0.29) is 23.4 Å². The predicted molar refractivity (Wildman–Crippen MR) is 120 cm³/mol. The van der Waals surface area contributed by atoms with Crippen LogP contribution >= 0.6 is 0 Å². The highest BCUT2D eigenvalue weighted by Gasteiger charge is 2.33. The van der Waals surface area contributed by atoms with Gasteiger partial charge in [0.2, 0.25) is 0 Å². The molecule has 2 aliphatic rings. The third-order valence-electron chi connectivity index (χ3n) is 6.10. The van der Waals surface area contributed by atoms with Crippen LogP contribution in [0.3, 0.4) is 0 Å². The fourth-order valence-corrected chi connectivity index (χ4v) is 4.35. The van der Waals surface area contributed by atoms with E-state index in [0.717, 1.165) is 43.0 Å². The van der Waals surface area contributed by atoms with Crippen molar-refractivity contribution in [3.05, 3.63) is 59.9 Å². The number of hydrogen-bond acceptors (Lipinski definition) is 3. The minimum absolute atomic E-state index is 0.0235. The Kier molecular flexibility index (Phi) is 5.69. The molecule has 0 spiro atoms. The molecule has 0 aromatic heterocycles. The number of anilines is 2. The number of halogens is 1. The Morgan fingerprint density at radius 2 is 1.73 bits per heavy atom. The molecular formula is C24H31FN4O. The van der Waals surface area contributed by atoms with Crippen molar-refractivity contribution < 1.29 is 9.18 Å². The first-order valence-corrected chi connectivity index (χ1v) is 10.7. The van der Waals surface area contributed by atoms with Gasteiger partial charge in [-0.3, -0.25) is 9.80 Å². The van der Waals surface area contributed by atoms with Crippen molar-refractivity contribution in [1.29, 1.82) is 0 Å². The van der Waals surface area contributed by atoms with Crippen molar-refractivity contribution in [2.24, 2.45) is 0 Å². The normalized spacial score (nSPS) is 19.7. The molecule has 2 amide bonds. The summed E-state index contributed by atoms with van der Waals surface area (Å²) >= 11 is 0. The minimum atomic E-state index is -0.224. The third kappa shape index (κ3) is 4.43. The number of para-hydroxylation sites is 2. The first-order valence-electron chi connectivity index (χ1n) is 10.7. The van der Waals surface area contributed by atoms with E-state index in [2.05, 4.69) is 42.0 Å². The Bertz CT molecular complexity index is 893. The zero-order valence-electron chi connectivity index (χ0n) is 18.1. The van der Waals surface area contributed by atoms with Crippen molar-refractivity contribution in [2.45, 2.75) is 45.3 Å². The van der Waals surface area contributed by atoms with Gasteiger partial charge in [-0.1, -0.05) is 24.3 Å². The summed E-state index contributed by atoms with van der Waals surface area (Å²) in [6.07, 6.45) is 0.981. The molecule has 0 bridgehead atoms. The molecule has 1 atom stereocenters. The Morgan fingerprint density at radius 1 is 1.03 bits per heavy atom. The highest BCUT2D eigenvalue weighted by atomic mass is 19.1. The van der Waals surface area contributed by atoms with Crippen molar-refractivity contribution >= 4 is 17.4 Å². The van der Waals surface area contributed by atoms with Crippen LogP contribution in [0, 0.1) is 5.82 Å². The highest BCUT2D eigenvalue weighted by molar-refractivity contribution is 5.97. The average molecular weight is 411 g/mol. The summed E-state index contributed by atoms with van der Waals surface area (Å²) in [5, 5.41) is 3.25. The van der Waals surface area contributed by atoms with E-state index in [1.165, 1.54) is 12.1 Å². The third-order valence-corrected chi connectivity index (χ3v) is 6.10. The molecule has 6 heteroatoms. The molecule has 0 unspecified atom stereocenters. The molecule has 0 radical (unpaired) electrons. The first-order chi connectivity index (χ1) is 14.3. The molecule has 2 aromatic carbocycles. The Hall–Kier alpha value is -2.60. The molecule has 0 saturated carbocycles. The van der Waals surface area contributed by atoms with Gasteiger partial charge in [-0.15, -0.1) is 0 Å². The largest absolute Gasteiger partial charge is 0.364 e. The second-order valence-corrected chi connectivity index (χ2v) is 9.24. The van der Waals surface area contributed by atoms with Gasteiger partial charge in [-0.05, 0) is 57.0 Å². The lowest BCUT2D eigenvalue weighted by molar-refractivity contribution is 0.170. The van der Waals surface area contributed by atoms with Crippen LogP contribution in [-0.2, 0) is 6.54 Å². The quantitative estimate of drug-likeness (QED) is 0.823. The Balaban J connectivity index is 1.45. The molecule has 2 aromatic rings. The van der Waals surface area contributed by atoms with Crippen molar-refractivity contribution in [2.75, 3.05) is 36.0 Å². The van der Waals surface area contributed by atoms with Gasteiger partial charge < -0.3 is 10.2 Å². The van der Waals surface area contributed by atoms with Gasteiger partial charge in [0.15, 0.2) is 0 Å². The van der Waals surface area contributed by atoms with E-state index in [4.69, 9.17) is 0 Å². The smallest absolute Gasteiger partial charge is 0.322 e. The second kappa shape index (κ2) is 8.26. The van der Waals surface area contributed by atoms with Crippen molar-refractivity contribution in [3.63, 3.8) is 0 Å². The van der Waals surface area contributed by atoms with Crippen LogP contribution in [0.4, 0.5) is 20.6 Å². The van der Waals surface area contributed by atoms with Crippen LogP contribution in [-0.4, -0.2) is 48.7 Å².